The number of H-pyrrole nitrogens is 1. The van der Waals surface area contributed by atoms with E-state index in [1.54, 1.807) is 0 Å². The molecular weight excluding hydrogens is 280 g/mol. The minimum atomic E-state index is 0.801. The molecule has 2 nitrogen and oxygen atoms in total. The number of halogens is 1. The maximum atomic E-state index is 5.98. The topological polar surface area (TPSA) is 27.8 Å². The first-order valence-electron chi connectivity index (χ1n) is 7.25. The van der Waals surface area contributed by atoms with E-state index in [0.29, 0.717) is 0 Å². The Bertz CT molecular complexity index is 746. The van der Waals surface area contributed by atoms with Crippen molar-refractivity contribution in [1.29, 1.82) is 0 Å². The van der Waals surface area contributed by atoms with Crippen LogP contribution < -0.4 is 5.32 Å². The predicted molar refractivity (Wildman–Crippen MR) is 89.9 cm³/mol. The van der Waals surface area contributed by atoms with Crippen molar-refractivity contribution < 1.29 is 0 Å². The molecule has 108 valence electrons. The average molecular weight is 299 g/mol. The van der Waals surface area contributed by atoms with E-state index in [9.17, 15) is 0 Å². The second-order valence-corrected chi connectivity index (χ2v) is 5.79. The molecule has 0 radical (unpaired) electrons. The molecule has 0 amide bonds. The molecule has 0 bridgehead atoms. The molecule has 3 aromatic rings. The van der Waals surface area contributed by atoms with Crippen LogP contribution in [-0.4, -0.2) is 11.5 Å². The van der Waals surface area contributed by atoms with Crippen molar-refractivity contribution in [3.63, 3.8) is 0 Å². The average Bonchev–Trinajstić information content (AvgIpc) is 2.89. The monoisotopic (exact) mass is 298 g/mol. The molecule has 0 aliphatic carbocycles. The molecule has 0 saturated heterocycles. The van der Waals surface area contributed by atoms with E-state index in [-0.39, 0.29) is 0 Å². The van der Waals surface area contributed by atoms with E-state index in [1.165, 1.54) is 27.6 Å². The maximum Gasteiger partial charge on any atom is 0.0456 e. The van der Waals surface area contributed by atoms with Gasteiger partial charge in [-0.3, -0.25) is 0 Å². The van der Waals surface area contributed by atoms with E-state index in [1.807, 2.05) is 12.1 Å². The Labute approximate surface area is 130 Å². The van der Waals surface area contributed by atoms with Gasteiger partial charge in [0.25, 0.3) is 0 Å². The number of aromatic amines is 1. The lowest BCUT2D eigenvalue weighted by Gasteiger charge is -2.08. The maximum absolute atomic E-state index is 5.98. The van der Waals surface area contributed by atoms with E-state index < -0.39 is 0 Å². The van der Waals surface area contributed by atoms with Crippen LogP contribution in [0.15, 0.2) is 48.7 Å². The molecular formula is C18H19ClN2. The highest BCUT2D eigenvalue weighted by molar-refractivity contribution is 6.30. The standard InChI is InChI=1S/C18H19ClN2/c1-13-10-16(19)7-6-14(13)11-20-9-8-15-12-21-18-5-3-2-4-17(15)18/h2-7,10,12,20-21H,8-9,11H2,1H3. The normalized spacial score (nSPS) is 11.1. The Morgan fingerprint density at radius 1 is 1.10 bits per heavy atom. The molecule has 1 heterocycles. The number of para-hydroxylation sites is 1. The van der Waals surface area contributed by atoms with Gasteiger partial charge in [0.1, 0.15) is 0 Å². The van der Waals surface area contributed by atoms with Gasteiger partial charge in [-0.25, -0.2) is 0 Å². The van der Waals surface area contributed by atoms with Gasteiger partial charge in [0.2, 0.25) is 0 Å². The first kappa shape index (κ1) is 14.2. The summed E-state index contributed by atoms with van der Waals surface area (Å²) in [7, 11) is 0. The van der Waals surface area contributed by atoms with E-state index >= 15 is 0 Å². The van der Waals surface area contributed by atoms with Crippen molar-refractivity contribution in [3.05, 3.63) is 70.4 Å². The Morgan fingerprint density at radius 2 is 1.95 bits per heavy atom. The summed E-state index contributed by atoms with van der Waals surface area (Å²) in [4.78, 5) is 3.32. The van der Waals surface area contributed by atoms with Gasteiger partial charge in [0.05, 0.1) is 0 Å². The molecule has 0 fully saturated rings. The van der Waals surface area contributed by atoms with Crippen molar-refractivity contribution in [2.75, 3.05) is 6.54 Å². The van der Waals surface area contributed by atoms with Crippen LogP contribution in [0.4, 0.5) is 0 Å². The number of hydrogen-bond acceptors (Lipinski definition) is 1. The van der Waals surface area contributed by atoms with E-state index in [0.717, 1.165) is 24.5 Å². The Morgan fingerprint density at radius 3 is 2.81 bits per heavy atom. The summed E-state index contributed by atoms with van der Waals surface area (Å²) in [5.41, 5.74) is 5.12. The quantitative estimate of drug-likeness (QED) is 0.669. The molecule has 3 heteroatoms. The second kappa shape index (κ2) is 6.33. The van der Waals surface area contributed by atoms with Crippen molar-refractivity contribution in [3.8, 4) is 0 Å². The summed E-state index contributed by atoms with van der Waals surface area (Å²) in [6.45, 7) is 3.94. The zero-order valence-corrected chi connectivity index (χ0v) is 12.9. The fourth-order valence-electron chi connectivity index (χ4n) is 2.64. The predicted octanol–water partition coefficient (Wildman–Crippen LogP) is 4.46. The summed E-state index contributed by atoms with van der Waals surface area (Å²) in [5, 5.41) is 5.63. The summed E-state index contributed by atoms with van der Waals surface area (Å²) in [5.74, 6) is 0. The number of rotatable bonds is 5. The first-order valence-corrected chi connectivity index (χ1v) is 7.62. The first-order chi connectivity index (χ1) is 10.2. The van der Waals surface area contributed by atoms with Gasteiger partial charge in [-0.15, -0.1) is 0 Å². The van der Waals surface area contributed by atoms with E-state index in [2.05, 4.69) is 53.8 Å². The number of fused-ring (bicyclic) bond motifs is 1. The Kier molecular flexibility index (Phi) is 4.28. The van der Waals surface area contributed by atoms with Crippen LogP contribution in [0.2, 0.25) is 5.02 Å². The minimum Gasteiger partial charge on any atom is -0.361 e. The van der Waals surface area contributed by atoms with Gasteiger partial charge in [-0.1, -0.05) is 35.9 Å². The lowest BCUT2D eigenvalue weighted by molar-refractivity contribution is 0.686. The van der Waals surface area contributed by atoms with Crippen LogP contribution in [0.5, 0.6) is 0 Å². The third-order valence-electron chi connectivity index (χ3n) is 3.87. The fourth-order valence-corrected chi connectivity index (χ4v) is 2.87. The van der Waals surface area contributed by atoms with Crippen molar-refractivity contribution in [2.24, 2.45) is 0 Å². The van der Waals surface area contributed by atoms with Crippen LogP contribution >= 0.6 is 11.6 Å². The van der Waals surface area contributed by atoms with Crippen LogP contribution in [0.3, 0.4) is 0 Å². The number of nitrogens with one attached hydrogen (secondary N) is 2. The second-order valence-electron chi connectivity index (χ2n) is 5.36. The van der Waals surface area contributed by atoms with Gasteiger partial charge in [-0.2, -0.15) is 0 Å². The third-order valence-corrected chi connectivity index (χ3v) is 4.10. The zero-order chi connectivity index (χ0) is 14.7. The molecule has 2 N–H and O–H groups in total. The molecule has 21 heavy (non-hydrogen) atoms. The Hall–Kier alpha value is -1.77. The molecule has 0 atom stereocenters. The molecule has 3 rings (SSSR count). The van der Waals surface area contributed by atoms with Crippen molar-refractivity contribution in [1.82, 2.24) is 10.3 Å². The van der Waals surface area contributed by atoms with Crippen LogP contribution in [-0.2, 0) is 13.0 Å². The minimum absolute atomic E-state index is 0.801. The summed E-state index contributed by atoms with van der Waals surface area (Å²) in [6.07, 6.45) is 3.14. The summed E-state index contributed by atoms with van der Waals surface area (Å²) in [6, 6.07) is 14.5. The fraction of sp³-hybridized carbons (Fsp3) is 0.222. The molecule has 0 unspecified atom stereocenters. The largest absolute Gasteiger partial charge is 0.361 e. The molecule has 2 aromatic carbocycles. The highest BCUT2D eigenvalue weighted by Gasteiger charge is 2.03. The molecule has 0 aliphatic rings. The van der Waals surface area contributed by atoms with Gasteiger partial charge in [0.15, 0.2) is 0 Å². The highest BCUT2D eigenvalue weighted by Crippen LogP contribution is 2.18. The van der Waals surface area contributed by atoms with Crippen LogP contribution in [0.25, 0.3) is 10.9 Å². The number of benzene rings is 2. The summed E-state index contributed by atoms with van der Waals surface area (Å²) >= 11 is 5.98. The van der Waals surface area contributed by atoms with Crippen molar-refractivity contribution >= 4 is 22.5 Å². The molecule has 0 aliphatic heterocycles. The number of hydrogen-bond donors (Lipinski definition) is 2. The molecule has 1 aromatic heterocycles. The van der Waals surface area contributed by atoms with Crippen molar-refractivity contribution in [2.45, 2.75) is 19.9 Å². The lowest BCUT2D eigenvalue weighted by Crippen LogP contribution is -2.17. The number of aromatic nitrogens is 1. The zero-order valence-electron chi connectivity index (χ0n) is 12.1. The SMILES string of the molecule is Cc1cc(Cl)ccc1CNCCc1c[nH]c2ccccc12. The van der Waals surface area contributed by atoms with E-state index in [4.69, 9.17) is 11.6 Å². The number of aryl methyl sites for hydroxylation is 1. The molecule has 0 spiro atoms. The van der Waals surface area contributed by atoms with Gasteiger partial charge >= 0.3 is 0 Å². The Balaban J connectivity index is 1.57. The van der Waals surface area contributed by atoms with Crippen LogP contribution in [0, 0.1) is 6.92 Å². The smallest absolute Gasteiger partial charge is 0.0456 e. The summed E-state index contributed by atoms with van der Waals surface area (Å²) < 4.78 is 0. The van der Waals surface area contributed by atoms with Gasteiger partial charge in [0, 0.05) is 28.7 Å². The van der Waals surface area contributed by atoms with Gasteiger partial charge < -0.3 is 10.3 Å². The van der Waals surface area contributed by atoms with Gasteiger partial charge in [-0.05, 0) is 54.8 Å². The molecule has 0 saturated carbocycles. The lowest BCUT2D eigenvalue weighted by atomic mass is 10.1. The third kappa shape index (κ3) is 3.29. The highest BCUT2D eigenvalue weighted by atomic mass is 35.5. The van der Waals surface area contributed by atoms with Crippen LogP contribution in [0.1, 0.15) is 16.7 Å².